The van der Waals surface area contributed by atoms with Gasteiger partial charge in [-0.3, -0.25) is 4.79 Å². The molecule has 14 heavy (non-hydrogen) atoms. The van der Waals surface area contributed by atoms with E-state index in [-0.39, 0.29) is 5.91 Å². The Morgan fingerprint density at radius 3 is 2.71 bits per heavy atom. The van der Waals surface area contributed by atoms with Crippen LogP contribution in [0.15, 0.2) is 0 Å². The first kappa shape index (κ1) is 11.5. The highest BCUT2D eigenvalue weighted by molar-refractivity contribution is 5.75. The van der Waals surface area contributed by atoms with Crippen LogP contribution in [0.2, 0.25) is 0 Å². The normalized spacial score (nSPS) is 24.4. The number of nitrogens with zero attached hydrogens (tertiary/aromatic N) is 1. The molecule has 0 aromatic carbocycles. The van der Waals surface area contributed by atoms with Crippen LogP contribution in [0.1, 0.15) is 32.6 Å². The molecule has 3 nitrogen and oxygen atoms in total. The van der Waals surface area contributed by atoms with Gasteiger partial charge in [-0.25, -0.2) is 0 Å². The van der Waals surface area contributed by atoms with Gasteiger partial charge < -0.3 is 10.2 Å². The minimum atomic E-state index is 0.241. The van der Waals surface area contributed by atoms with Crippen molar-refractivity contribution in [3.05, 3.63) is 0 Å². The van der Waals surface area contributed by atoms with Crippen LogP contribution in [-0.4, -0.2) is 37.5 Å². The molecule has 82 valence electrons. The summed E-state index contributed by atoms with van der Waals surface area (Å²) in [5.74, 6) is 0.704. The zero-order valence-electron chi connectivity index (χ0n) is 9.55. The predicted molar refractivity (Wildman–Crippen MR) is 58.1 cm³/mol. The van der Waals surface area contributed by atoms with E-state index in [1.54, 1.807) is 4.90 Å². The molecule has 1 N–H and O–H groups in total. The van der Waals surface area contributed by atoms with Gasteiger partial charge in [0, 0.05) is 26.6 Å². The number of carbonyl (C=O) groups is 1. The Kier molecular flexibility index (Phi) is 4.39. The molecule has 1 aliphatic rings. The second-order valence-corrected chi connectivity index (χ2v) is 4.53. The van der Waals surface area contributed by atoms with Crippen LogP contribution >= 0.6 is 0 Å². The maximum Gasteiger partial charge on any atom is 0.222 e. The van der Waals surface area contributed by atoms with Gasteiger partial charge in [-0.05, 0) is 25.3 Å². The molecule has 1 heterocycles. The predicted octanol–water partition coefficient (Wildman–Crippen LogP) is 1.24. The summed E-state index contributed by atoms with van der Waals surface area (Å²) in [5, 5.41) is 3.49. The zero-order chi connectivity index (χ0) is 10.6. The first-order valence-corrected chi connectivity index (χ1v) is 5.55. The summed E-state index contributed by atoms with van der Waals surface area (Å²) in [4.78, 5) is 13.2. The second-order valence-electron chi connectivity index (χ2n) is 4.53. The third kappa shape index (κ3) is 3.29. The Morgan fingerprint density at radius 2 is 2.21 bits per heavy atom. The average molecular weight is 198 g/mol. The minimum Gasteiger partial charge on any atom is -0.349 e. The number of hydrogen-bond donors (Lipinski definition) is 1. The Balaban J connectivity index is 2.32. The largest absolute Gasteiger partial charge is 0.349 e. The van der Waals surface area contributed by atoms with E-state index in [9.17, 15) is 4.79 Å². The Morgan fingerprint density at radius 1 is 1.50 bits per heavy atom. The van der Waals surface area contributed by atoms with Crippen LogP contribution in [0, 0.1) is 5.92 Å². The maximum atomic E-state index is 11.5. The van der Waals surface area contributed by atoms with Gasteiger partial charge >= 0.3 is 0 Å². The number of nitrogens with one attached hydrogen (secondary N) is 1. The van der Waals surface area contributed by atoms with E-state index in [4.69, 9.17) is 0 Å². The van der Waals surface area contributed by atoms with Crippen molar-refractivity contribution >= 4 is 5.91 Å². The summed E-state index contributed by atoms with van der Waals surface area (Å²) in [5.41, 5.74) is 0. The van der Waals surface area contributed by atoms with Crippen molar-refractivity contribution in [2.75, 3.05) is 20.6 Å². The van der Waals surface area contributed by atoms with E-state index in [1.807, 2.05) is 14.1 Å². The quantitative estimate of drug-likeness (QED) is 0.740. The fourth-order valence-corrected chi connectivity index (χ4v) is 1.96. The van der Waals surface area contributed by atoms with Gasteiger partial charge in [0.1, 0.15) is 0 Å². The van der Waals surface area contributed by atoms with E-state index in [0.29, 0.717) is 18.4 Å². The zero-order valence-corrected chi connectivity index (χ0v) is 9.55. The van der Waals surface area contributed by atoms with Gasteiger partial charge in [0.15, 0.2) is 0 Å². The molecular formula is C11H22N2O. The Labute approximate surface area is 86.9 Å². The van der Waals surface area contributed by atoms with Crippen molar-refractivity contribution < 1.29 is 4.79 Å². The summed E-state index contributed by atoms with van der Waals surface area (Å²) >= 11 is 0. The maximum absolute atomic E-state index is 11.5. The van der Waals surface area contributed by atoms with Crippen molar-refractivity contribution in [1.82, 2.24) is 10.2 Å². The molecule has 0 saturated carbocycles. The average Bonchev–Trinajstić information content (AvgIpc) is 2.19. The SMILES string of the molecule is C[C@H](CC(=O)N(C)C)[C@H]1CCCCN1. The third-order valence-corrected chi connectivity index (χ3v) is 3.03. The second kappa shape index (κ2) is 5.35. The number of piperidine rings is 1. The lowest BCUT2D eigenvalue weighted by Gasteiger charge is -2.29. The highest BCUT2D eigenvalue weighted by atomic mass is 16.2. The van der Waals surface area contributed by atoms with Gasteiger partial charge in [0.05, 0.1) is 0 Å². The van der Waals surface area contributed by atoms with E-state index >= 15 is 0 Å². The molecule has 0 unspecified atom stereocenters. The highest BCUT2D eigenvalue weighted by Crippen LogP contribution is 2.18. The molecular weight excluding hydrogens is 176 g/mol. The standard InChI is InChI=1S/C11H22N2O/c1-9(8-11(14)13(2)3)10-6-4-5-7-12-10/h9-10,12H,4-8H2,1-3H3/t9-,10-/m1/s1. The molecule has 0 aromatic rings. The monoisotopic (exact) mass is 198 g/mol. The fraction of sp³-hybridized carbons (Fsp3) is 0.909. The van der Waals surface area contributed by atoms with Crippen molar-refractivity contribution in [2.24, 2.45) is 5.92 Å². The molecule has 0 spiro atoms. The minimum absolute atomic E-state index is 0.241. The highest BCUT2D eigenvalue weighted by Gasteiger charge is 2.21. The Hall–Kier alpha value is -0.570. The summed E-state index contributed by atoms with van der Waals surface area (Å²) in [6, 6.07) is 0.549. The third-order valence-electron chi connectivity index (χ3n) is 3.03. The molecule has 2 atom stereocenters. The molecule has 3 heteroatoms. The lowest BCUT2D eigenvalue weighted by atomic mass is 9.91. The van der Waals surface area contributed by atoms with E-state index in [0.717, 1.165) is 6.54 Å². The van der Waals surface area contributed by atoms with Crippen LogP contribution in [0.3, 0.4) is 0 Å². The van der Waals surface area contributed by atoms with Crippen LogP contribution in [0.25, 0.3) is 0 Å². The molecule has 1 aliphatic heterocycles. The van der Waals surface area contributed by atoms with Gasteiger partial charge in [-0.15, -0.1) is 0 Å². The topological polar surface area (TPSA) is 32.3 Å². The van der Waals surface area contributed by atoms with E-state index in [1.165, 1.54) is 19.3 Å². The first-order chi connectivity index (χ1) is 6.61. The molecule has 1 fully saturated rings. The van der Waals surface area contributed by atoms with Crippen LogP contribution in [0.4, 0.5) is 0 Å². The van der Waals surface area contributed by atoms with Crippen LogP contribution in [-0.2, 0) is 4.79 Å². The molecule has 1 rings (SSSR count). The Bertz CT molecular complexity index is 186. The van der Waals surface area contributed by atoms with E-state index in [2.05, 4.69) is 12.2 Å². The van der Waals surface area contributed by atoms with Gasteiger partial charge in [0.2, 0.25) is 5.91 Å². The lowest BCUT2D eigenvalue weighted by Crippen LogP contribution is -2.40. The molecule has 0 radical (unpaired) electrons. The summed E-state index contributed by atoms with van der Waals surface area (Å²) in [6.45, 7) is 3.29. The molecule has 0 aliphatic carbocycles. The van der Waals surface area contributed by atoms with Crippen molar-refractivity contribution in [2.45, 2.75) is 38.6 Å². The van der Waals surface area contributed by atoms with Crippen molar-refractivity contribution in [1.29, 1.82) is 0 Å². The van der Waals surface area contributed by atoms with Crippen molar-refractivity contribution in [3.63, 3.8) is 0 Å². The van der Waals surface area contributed by atoms with E-state index < -0.39 is 0 Å². The first-order valence-electron chi connectivity index (χ1n) is 5.55. The summed E-state index contributed by atoms with van der Waals surface area (Å²) < 4.78 is 0. The lowest BCUT2D eigenvalue weighted by molar-refractivity contribution is -0.129. The number of hydrogen-bond acceptors (Lipinski definition) is 2. The van der Waals surface area contributed by atoms with Gasteiger partial charge in [0.25, 0.3) is 0 Å². The fourth-order valence-electron chi connectivity index (χ4n) is 1.96. The number of carbonyl (C=O) groups excluding carboxylic acids is 1. The molecule has 0 aromatic heterocycles. The van der Waals surface area contributed by atoms with Crippen molar-refractivity contribution in [3.8, 4) is 0 Å². The summed E-state index contributed by atoms with van der Waals surface area (Å²) in [7, 11) is 3.65. The molecule has 1 saturated heterocycles. The smallest absolute Gasteiger partial charge is 0.222 e. The van der Waals surface area contributed by atoms with Crippen LogP contribution < -0.4 is 5.32 Å². The summed E-state index contributed by atoms with van der Waals surface area (Å²) in [6.07, 6.45) is 4.48. The van der Waals surface area contributed by atoms with Gasteiger partial charge in [-0.1, -0.05) is 13.3 Å². The number of amides is 1. The van der Waals surface area contributed by atoms with Gasteiger partial charge in [-0.2, -0.15) is 0 Å². The number of rotatable bonds is 3. The van der Waals surface area contributed by atoms with Crippen LogP contribution in [0.5, 0.6) is 0 Å². The molecule has 0 bridgehead atoms. The molecule has 1 amide bonds.